The Morgan fingerprint density at radius 1 is 1.39 bits per heavy atom. The number of carbonyl (C=O) groups is 1. The molecule has 1 aliphatic rings. The minimum atomic E-state index is -0.108. The van der Waals surface area contributed by atoms with Gasteiger partial charge in [0.05, 0.1) is 0 Å². The van der Waals surface area contributed by atoms with Gasteiger partial charge in [0.1, 0.15) is 0 Å². The van der Waals surface area contributed by atoms with Gasteiger partial charge < -0.3 is 10.6 Å². The van der Waals surface area contributed by atoms with E-state index in [1.165, 1.54) is 18.1 Å². The molecule has 1 aromatic carbocycles. The van der Waals surface area contributed by atoms with Crippen LogP contribution in [0.15, 0.2) is 42.5 Å². The van der Waals surface area contributed by atoms with E-state index < -0.39 is 0 Å². The molecule has 2 rings (SSSR count). The molecule has 0 bridgehead atoms. The zero-order valence-corrected chi connectivity index (χ0v) is 10.6. The highest BCUT2D eigenvalue weighted by atomic mass is 16.1. The lowest BCUT2D eigenvalue weighted by Gasteiger charge is -2.18. The molecule has 0 spiro atoms. The molecule has 1 aromatic rings. The molecule has 3 nitrogen and oxygen atoms in total. The molecule has 0 aliphatic carbocycles. The molecular weight excluding hydrogens is 224 g/mol. The van der Waals surface area contributed by atoms with Crippen molar-refractivity contribution in [2.75, 3.05) is 17.2 Å². The van der Waals surface area contributed by atoms with Crippen molar-refractivity contribution in [3.05, 3.63) is 48.1 Å². The molecule has 1 heterocycles. The maximum Gasteiger partial charge on any atom is 0.248 e. The fourth-order valence-corrected chi connectivity index (χ4v) is 1.98. The van der Waals surface area contributed by atoms with Crippen LogP contribution in [0, 0.1) is 0 Å². The summed E-state index contributed by atoms with van der Waals surface area (Å²) in [5.74, 6) is -0.108. The predicted molar refractivity (Wildman–Crippen MR) is 75.8 cm³/mol. The number of nitrogens with one attached hydrogen (secondary N) is 2. The normalized spacial score (nSPS) is 14.5. The van der Waals surface area contributed by atoms with Crippen LogP contribution in [0.25, 0.3) is 0 Å². The summed E-state index contributed by atoms with van der Waals surface area (Å²) in [6.07, 6.45) is 9.24. The van der Waals surface area contributed by atoms with Crippen LogP contribution in [0.1, 0.15) is 18.9 Å². The second kappa shape index (κ2) is 6.05. The van der Waals surface area contributed by atoms with E-state index in [2.05, 4.69) is 16.7 Å². The first-order valence-electron chi connectivity index (χ1n) is 6.27. The molecule has 0 atom stereocenters. The summed E-state index contributed by atoms with van der Waals surface area (Å²) in [5.41, 5.74) is 3.29. The fourth-order valence-electron chi connectivity index (χ4n) is 1.98. The summed E-state index contributed by atoms with van der Waals surface area (Å²) in [6.45, 7) is 2.92. The number of carbonyl (C=O) groups excluding carboxylic acids is 1. The van der Waals surface area contributed by atoms with Crippen LogP contribution in [0.4, 0.5) is 11.4 Å². The number of allylic oxidation sites excluding steroid dienone is 3. The fraction of sp³-hybridized carbons (Fsp3) is 0.267. The molecule has 0 unspecified atom stereocenters. The van der Waals surface area contributed by atoms with E-state index in [-0.39, 0.29) is 5.91 Å². The lowest BCUT2D eigenvalue weighted by Crippen LogP contribution is -2.13. The lowest BCUT2D eigenvalue weighted by atomic mass is 10.0. The van der Waals surface area contributed by atoms with Gasteiger partial charge in [0.25, 0.3) is 0 Å². The minimum Gasteiger partial charge on any atom is -0.385 e. The first-order chi connectivity index (χ1) is 8.79. The molecule has 2 N–H and O–H groups in total. The maximum absolute atomic E-state index is 11.6. The van der Waals surface area contributed by atoms with E-state index in [1.807, 2.05) is 31.2 Å². The monoisotopic (exact) mass is 242 g/mol. The van der Waals surface area contributed by atoms with Gasteiger partial charge in [-0.05, 0) is 37.5 Å². The summed E-state index contributed by atoms with van der Waals surface area (Å²) in [4.78, 5) is 11.6. The molecule has 0 fully saturated rings. The highest BCUT2D eigenvalue weighted by Gasteiger charge is 2.09. The number of aryl methyl sites for hydroxylation is 1. The van der Waals surface area contributed by atoms with Gasteiger partial charge in [0.15, 0.2) is 0 Å². The summed E-state index contributed by atoms with van der Waals surface area (Å²) in [6, 6.07) is 6.02. The first-order valence-corrected chi connectivity index (χ1v) is 6.27. The van der Waals surface area contributed by atoms with Gasteiger partial charge in [-0.25, -0.2) is 0 Å². The van der Waals surface area contributed by atoms with Crippen molar-refractivity contribution in [1.29, 1.82) is 0 Å². The quantitative estimate of drug-likeness (QED) is 0.631. The van der Waals surface area contributed by atoms with Crippen molar-refractivity contribution >= 4 is 17.3 Å². The van der Waals surface area contributed by atoms with Crippen LogP contribution < -0.4 is 10.6 Å². The molecule has 3 heteroatoms. The maximum atomic E-state index is 11.6. The third-order valence-corrected chi connectivity index (χ3v) is 2.87. The third kappa shape index (κ3) is 3.23. The van der Waals surface area contributed by atoms with Gasteiger partial charge in [-0.1, -0.05) is 24.3 Å². The number of hydrogen-bond acceptors (Lipinski definition) is 2. The first kappa shape index (κ1) is 12.4. The van der Waals surface area contributed by atoms with E-state index in [4.69, 9.17) is 0 Å². The molecular formula is C15H18N2O. The number of fused-ring (bicyclic) bond motifs is 1. The van der Waals surface area contributed by atoms with E-state index >= 15 is 0 Å². The van der Waals surface area contributed by atoms with E-state index in [9.17, 15) is 4.79 Å². The van der Waals surface area contributed by atoms with Crippen molar-refractivity contribution in [2.45, 2.75) is 19.8 Å². The number of anilines is 2. The Bertz CT molecular complexity index is 489. The second-order valence-electron chi connectivity index (χ2n) is 4.28. The Hall–Kier alpha value is -2.03. The van der Waals surface area contributed by atoms with Crippen molar-refractivity contribution < 1.29 is 4.79 Å². The largest absolute Gasteiger partial charge is 0.385 e. The summed E-state index contributed by atoms with van der Waals surface area (Å²) in [7, 11) is 0. The molecule has 94 valence electrons. The number of hydrogen-bond donors (Lipinski definition) is 2. The molecule has 0 radical (unpaired) electrons. The lowest BCUT2D eigenvalue weighted by molar-refractivity contribution is -0.111. The van der Waals surface area contributed by atoms with Crippen LogP contribution in [-0.4, -0.2) is 12.5 Å². The second-order valence-corrected chi connectivity index (χ2v) is 4.28. The van der Waals surface area contributed by atoms with Crippen molar-refractivity contribution in [2.24, 2.45) is 0 Å². The van der Waals surface area contributed by atoms with Crippen LogP contribution in [0.5, 0.6) is 0 Å². The van der Waals surface area contributed by atoms with Gasteiger partial charge in [0.2, 0.25) is 5.91 Å². The van der Waals surface area contributed by atoms with Gasteiger partial charge in [-0.15, -0.1) is 0 Å². The van der Waals surface area contributed by atoms with Gasteiger partial charge in [-0.3, -0.25) is 4.79 Å². The van der Waals surface area contributed by atoms with Gasteiger partial charge in [-0.2, -0.15) is 0 Å². The molecule has 0 saturated heterocycles. The smallest absolute Gasteiger partial charge is 0.248 e. The van der Waals surface area contributed by atoms with Crippen LogP contribution in [0.3, 0.4) is 0 Å². The molecule has 1 amide bonds. The highest BCUT2D eigenvalue weighted by Crippen LogP contribution is 2.25. The van der Waals surface area contributed by atoms with E-state index in [1.54, 1.807) is 6.08 Å². The van der Waals surface area contributed by atoms with Crippen LogP contribution in [0.2, 0.25) is 0 Å². The van der Waals surface area contributed by atoms with Crippen molar-refractivity contribution in [3.63, 3.8) is 0 Å². The topological polar surface area (TPSA) is 41.1 Å². The molecule has 1 aliphatic heterocycles. The summed E-state index contributed by atoms with van der Waals surface area (Å²) >= 11 is 0. The van der Waals surface area contributed by atoms with Crippen molar-refractivity contribution in [3.8, 4) is 0 Å². The van der Waals surface area contributed by atoms with E-state index in [0.29, 0.717) is 0 Å². The summed E-state index contributed by atoms with van der Waals surface area (Å²) < 4.78 is 0. The molecule has 0 aromatic heterocycles. The zero-order chi connectivity index (χ0) is 12.8. The standard InChI is InChI=1S/C15H18N2O/c1-2-3-4-7-15(18)17-13-9-8-12-6-5-10-16-14(12)11-13/h2-4,7-9,11,16H,5-6,10H2,1H3,(H,17,18). The number of amides is 1. The minimum absolute atomic E-state index is 0.108. The Kier molecular flexibility index (Phi) is 4.18. The van der Waals surface area contributed by atoms with E-state index in [0.717, 1.165) is 24.3 Å². The Balaban J connectivity index is 2.03. The average molecular weight is 242 g/mol. The molecule has 0 saturated carbocycles. The van der Waals surface area contributed by atoms with Gasteiger partial charge in [0, 0.05) is 24.0 Å². The average Bonchev–Trinajstić information content (AvgIpc) is 2.39. The summed E-state index contributed by atoms with van der Waals surface area (Å²) in [5, 5.41) is 6.20. The van der Waals surface area contributed by atoms with Crippen LogP contribution >= 0.6 is 0 Å². The SMILES string of the molecule is CC=CC=CC(=O)Nc1ccc2c(c1)NCCC2. The highest BCUT2D eigenvalue weighted by molar-refractivity contribution is 5.99. The Morgan fingerprint density at radius 2 is 2.28 bits per heavy atom. The van der Waals surface area contributed by atoms with Crippen molar-refractivity contribution in [1.82, 2.24) is 0 Å². The third-order valence-electron chi connectivity index (χ3n) is 2.87. The predicted octanol–water partition coefficient (Wildman–Crippen LogP) is 3.12. The Labute approximate surface area is 108 Å². The van der Waals surface area contributed by atoms with Gasteiger partial charge >= 0.3 is 0 Å². The Morgan fingerprint density at radius 3 is 3.11 bits per heavy atom. The number of rotatable bonds is 3. The molecule has 18 heavy (non-hydrogen) atoms. The van der Waals surface area contributed by atoms with Crippen LogP contribution in [-0.2, 0) is 11.2 Å². The number of benzene rings is 1. The zero-order valence-electron chi connectivity index (χ0n) is 10.6.